The normalized spacial score (nSPS) is 11.7. The van der Waals surface area contributed by atoms with Crippen molar-refractivity contribution in [3.8, 4) is 77.9 Å². The van der Waals surface area contributed by atoms with E-state index in [0.717, 1.165) is 0 Å². The van der Waals surface area contributed by atoms with Gasteiger partial charge in [0, 0.05) is 0 Å². The van der Waals surface area contributed by atoms with Crippen LogP contribution in [0.4, 0.5) is 0 Å². The Bertz CT molecular complexity index is 3010. The molecule has 0 aromatic heterocycles. The van der Waals surface area contributed by atoms with Crippen molar-refractivity contribution in [2.45, 2.75) is 0 Å². The first-order chi connectivity index (χ1) is 26.8. The van der Waals surface area contributed by atoms with Gasteiger partial charge in [0.15, 0.2) is 0 Å². The summed E-state index contributed by atoms with van der Waals surface area (Å²) in [5.41, 5.74) is 17.7. The Labute approximate surface area is 315 Å². The minimum Gasteiger partial charge on any atom is -0.0622 e. The zero-order valence-electron chi connectivity index (χ0n) is 29.6. The average Bonchev–Trinajstić information content (AvgIpc) is 3.58. The van der Waals surface area contributed by atoms with E-state index in [-0.39, 0.29) is 0 Å². The van der Waals surface area contributed by atoms with Gasteiger partial charge in [-0.05, 0) is 116 Å². The summed E-state index contributed by atoms with van der Waals surface area (Å²) in [6, 6.07) is 76.0. The van der Waals surface area contributed by atoms with E-state index < -0.39 is 0 Å². The second-order valence-corrected chi connectivity index (χ2v) is 14.4. The molecule has 0 fully saturated rings. The van der Waals surface area contributed by atoms with E-state index >= 15 is 0 Å². The van der Waals surface area contributed by atoms with Crippen molar-refractivity contribution in [1.82, 2.24) is 0 Å². The molecule has 0 unspecified atom stereocenters. The summed E-state index contributed by atoms with van der Waals surface area (Å²) in [5, 5.41) is 7.68. The zero-order chi connectivity index (χ0) is 35.6. The summed E-state index contributed by atoms with van der Waals surface area (Å²) in [7, 11) is 0. The fourth-order valence-corrected chi connectivity index (χ4v) is 8.95. The lowest BCUT2D eigenvalue weighted by atomic mass is 9.84. The predicted molar refractivity (Wildman–Crippen MR) is 231 cm³/mol. The molecule has 54 heavy (non-hydrogen) atoms. The molecule has 0 atom stereocenters. The van der Waals surface area contributed by atoms with Crippen LogP contribution < -0.4 is 0 Å². The van der Waals surface area contributed by atoms with Crippen molar-refractivity contribution >= 4 is 32.3 Å². The van der Waals surface area contributed by atoms with E-state index in [4.69, 9.17) is 0 Å². The highest BCUT2D eigenvalue weighted by Gasteiger charge is 2.23. The third-order valence-electron chi connectivity index (χ3n) is 11.4. The third-order valence-corrected chi connectivity index (χ3v) is 11.4. The van der Waals surface area contributed by atoms with E-state index in [9.17, 15) is 0 Å². The van der Waals surface area contributed by atoms with Gasteiger partial charge in [0.2, 0.25) is 0 Å². The van der Waals surface area contributed by atoms with Gasteiger partial charge in [-0.1, -0.05) is 200 Å². The molecule has 0 aliphatic heterocycles. The van der Waals surface area contributed by atoms with Gasteiger partial charge < -0.3 is 0 Å². The summed E-state index contributed by atoms with van der Waals surface area (Å²) < 4.78 is 0. The maximum absolute atomic E-state index is 2.45. The third kappa shape index (κ3) is 4.78. The van der Waals surface area contributed by atoms with Gasteiger partial charge in [-0.2, -0.15) is 0 Å². The number of hydrogen-bond acceptors (Lipinski definition) is 0. The minimum atomic E-state index is 1.22. The van der Waals surface area contributed by atoms with Gasteiger partial charge in [-0.25, -0.2) is 0 Å². The Hall–Kier alpha value is -7.02. The van der Waals surface area contributed by atoms with E-state index in [1.165, 1.54) is 110 Å². The summed E-state index contributed by atoms with van der Waals surface area (Å²) in [4.78, 5) is 0. The van der Waals surface area contributed by atoms with Crippen LogP contribution in [0.2, 0.25) is 0 Å². The van der Waals surface area contributed by atoms with Crippen LogP contribution in [-0.4, -0.2) is 0 Å². The fourth-order valence-electron chi connectivity index (χ4n) is 8.95. The molecule has 11 rings (SSSR count). The van der Waals surface area contributed by atoms with Crippen molar-refractivity contribution < 1.29 is 0 Å². The molecular formula is C54H34. The van der Waals surface area contributed by atoms with Gasteiger partial charge >= 0.3 is 0 Å². The van der Waals surface area contributed by atoms with Crippen LogP contribution in [0.5, 0.6) is 0 Å². The van der Waals surface area contributed by atoms with Gasteiger partial charge in [-0.3, -0.25) is 0 Å². The van der Waals surface area contributed by atoms with Crippen LogP contribution in [-0.2, 0) is 0 Å². The Morgan fingerprint density at radius 1 is 0.185 bits per heavy atom. The molecule has 0 N–H and O–H groups in total. The quantitative estimate of drug-likeness (QED) is 0.159. The Balaban J connectivity index is 1.17. The molecule has 0 saturated carbocycles. The standard InChI is InChI=1S/C54H34/c1-3-12-35(13-4-1)37-22-26-39(27-23-37)52-47-18-9-10-19-48(47)53(40-28-24-38(25-29-40)36-14-5-2-6-15-36)51-34-41(30-31-50(51)52)42-32-33-49-44-17-8-7-16-43(44)46-21-11-20-45(42)54(46)49/h1-34H. The van der Waals surface area contributed by atoms with Crippen LogP contribution >= 0.6 is 0 Å². The average molecular weight is 683 g/mol. The molecule has 0 amide bonds. The lowest BCUT2D eigenvalue weighted by molar-refractivity contribution is 1.60. The van der Waals surface area contributed by atoms with E-state index in [1.807, 2.05) is 0 Å². The number of rotatable bonds is 5. The van der Waals surface area contributed by atoms with Crippen LogP contribution in [0.1, 0.15) is 0 Å². The zero-order valence-corrected chi connectivity index (χ0v) is 29.6. The smallest absolute Gasteiger partial charge is 0.00201 e. The largest absolute Gasteiger partial charge is 0.0622 e. The first-order valence-corrected chi connectivity index (χ1v) is 18.8. The maximum atomic E-state index is 2.45. The van der Waals surface area contributed by atoms with Crippen molar-refractivity contribution in [2.24, 2.45) is 0 Å². The summed E-state index contributed by atoms with van der Waals surface area (Å²) in [6.07, 6.45) is 0. The molecule has 0 nitrogen and oxygen atoms in total. The monoisotopic (exact) mass is 682 g/mol. The van der Waals surface area contributed by atoms with Crippen LogP contribution in [0.25, 0.3) is 110 Å². The molecule has 0 radical (unpaired) electrons. The topological polar surface area (TPSA) is 0 Å². The van der Waals surface area contributed by atoms with Crippen LogP contribution in [0.15, 0.2) is 206 Å². The molecule has 0 heteroatoms. The molecule has 10 aromatic carbocycles. The summed E-state index contributed by atoms with van der Waals surface area (Å²) >= 11 is 0. The molecule has 0 saturated heterocycles. The SMILES string of the molecule is c1ccc(-c2ccc(-c3c4ccccc4c(-c4ccc(-c5ccccc5)cc4)c4cc(-c5ccc6c7c(cccc57)-c5ccccc5-6)ccc34)cc2)cc1. The Morgan fingerprint density at radius 3 is 1.17 bits per heavy atom. The molecule has 250 valence electrons. The van der Waals surface area contributed by atoms with Crippen molar-refractivity contribution in [3.05, 3.63) is 206 Å². The molecule has 0 heterocycles. The molecule has 1 aliphatic carbocycles. The minimum absolute atomic E-state index is 1.22. The molecule has 0 spiro atoms. The van der Waals surface area contributed by atoms with Gasteiger partial charge in [-0.15, -0.1) is 0 Å². The van der Waals surface area contributed by atoms with E-state index in [2.05, 4.69) is 206 Å². The Kier molecular flexibility index (Phi) is 6.97. The fraction of sp³-hybridized carbons (Fsp3) is 0. The lowest BCUT2D eigenvalue weighted by Gasteiger charge is -2.19. The van der Waals surface area contributed by atoms with Gasteiger partial charge in [0.05, 0.1) is 0 Å². The first-order valence-electron chi connectivity index (χ1n) is 18.8. The van der Waals surface area contributed by atoms with Crippen LogP contribution in [0, 0.1) is 0 Å². The highest BCUT2D eigenvalue weighted by molar-refractivity contribution is 6.23. The van der Waals surface area contributed by atoms with E-state index in [0.29, 0.717) is 0 Å². The van der Waals surface area contributed by atoms with Crippen molar-refractivity contribution in [1.29, 1.82) is 0 Å². The number of benzene rings is 10. The highest BCUT2D eigenvalue weighted by Crippen LogP contribution is 2.50. The number of fused-ring (bicyclic) bond motifs is 5. The van der Waals surface area contributed by atoms with Crippen LogP contribution in [0.3, 0.4) is 0 Å². The lowest BCUT2D eigenvalue weighted by Crippen LogP contribution is -1.92. The highest BCUT2D eigenvalue weighted by atomic mass is 14.3. The second-order valence-electron chi connectivity index (χ2n) is 14.4. The summed E-state index contributed by atoms with van der Waals surface area (Å²) in [5.74, 6) is 0. The summed E-state index contributed by atoms with van der Waals surface area (Å²) in [6.45, 7) is 0. The van der Waals surface area contributed by atoms with E-state index in [1.54, 1.807) is 0 Å². The van der Waals surface area contributed by atoms with Gasteiger partial charge in [0.25, 0.3) is 0 Å². The van der Waals surface area contributed by atoms with Crippen molar-refractivity contribution in [2.75, 3.05) is 0 Å². The van der Waals surface area contributed by atoms with Gasteiger partial charge in [0.1, 0.15) is 0 Å². The second kappa shape index (κ2) is 12.3. The molecule has 0 bridgehead atoms. The first kappa shape index (κ1) is 30.6. The number of hydrogen-bond donors (Lipinski definition) is 0. The molecule has 1 aliphatic rings. The predicted octanol–water partition coefficient (Wildman–Crippen LogP) is 15.1. The van der Waals surface area contributed by atoms with Crippen molar-refractivity contribution in [3.63, 3.8) is 0 Å². The molecule has 10 aromatic rings. The maximum Gasteiger partial charge on any atom is -0.00201 e. The Morgan fingerprint density at radius 2 is 0.574 bits per heavy atom. The molecular weight excluding hydrogens is 649 g/mol.